The van der Waals surface area contributed by atoms with Gasteiger partial charge in [0.15, 0.2) is 0 Å². The van der Waals surface area contributed by atoms with Crippen LogP contribution in [-0.2, 0) is 9.53 Å². The fourth-order valence-electron chi connectivity index (χ4n) is 3.50. The van der Waals surface area contributed by atoms with Crippen molar-refractivity contribution in [3.8, 4) is 0 Å². The third kappa shape index (κ3) is 5.54. The van der Waals surface area contributed by atoms with Crippen molar-refractivity contribution in [1.29, 1.82) is 0 Å². The number of carbonyl (C=O) groups excluding carboxylic acids is 1. The summed E-state index contributed by atoms with van der Waals surface area (Å²) >= 11 is 0. The molecule has 0 N–H and O–H groups in total. The average Bonchev–Trinajstić information content (AvgIpc) is 2.70. The van der Waals surface area contributed by atoms with Crippen molar-refractivity contribution in [3.05, 3.63) is 77.4 Å². The number of benzene rings is 2. The molecule has 0 unspecified atom stereocenters. The van der Waals surface area contributed by atoms with Gasteiger partial charge in [-0.1, -0.05) is 80.1 Å². The molecule has 27 heavy (non-hydrogen) atoms. The van der Waals surface area contributed by atoms with Gasteiger partial charge in [-0.05, 0) is 35.5 Å². The Morgan fingerprint density at radius 3 is 1.93 bits per heavy atom. The molecule has 0 aliphatic carbocycles. The van der Waals surface area contributed by atoms with E-state index < -0.39 is 0 Å². The van der Waals surface area contributed by atoms with Crippen LogP contribution in [0.4, 0.5) is 0 Å². The normalized spacial score (nSPS) is 15.0. The molecule has 2 aromatic carbocycles. The smallest absolute Gasteiger partial charge is 0.320 e. The second kappa shape index (κ2) is 9.52. The number of hydrogen-bond acceptors (Lipinski definition) is 3. The lowest BCUT2D eigenvalue weighted by Crippen LogP contribution is -2.36. The first kappa shape index (κ1) is 19.4. The Labute approximate surface area is 162 Å². The molecule has 0 atom stereocenters. The summed E-state index contributed by atoms with van der Waals surface area (Å²) in [6.45, 7) is 6.81. The third-order valence-corrected chi connectivity index (χ3v) is 4.87. The van der Waals surface area contributed by atoms with E-state index in [-0.39, 0.29) is 5.97 Å². The average molecular weight is 364 g/mol. The molecule has 0 radical (unpaired) electrons. The molecule has 0 amide bonds. The highest BCUT2D eigenvalue weighted by molar-refractivity contribution is 5.82. The lowest BCUT2D eigenvalue weighted by molar-refractivity contribution is -0.146. The minimum atomic E-state index is -0.109. The van der Waals surface area contributed by atoms with E-state index in [0.29, 0.717) is 19.1 Å². The number of nitrogens with zero attached hydrogens (tertiary/aromatic N) is 1. The van der Waals surface area contributed by atoms with Gasteiger partial charge >= 0.3 is 5.97 Å². The van der Waals surface area contributed by atoms with Crippen LogP contribution in [0.2, 0.25) is 0 Å². The van der Waals surface area contributed by atoms with Gasteiger partial charge in [0.25, 0.3) is 0 Å². The predicted octanol–water partition coefficient (Wildman–Crippen LogP) is 4.78. The zero-order chi connectivity index (χ0) is 19.1. The summed E-state index contributed by atoms with van der Waals surface area (Å²) in [4.78, 5) is 14.2. The van der Waals surface area contributed by atoms with Gasteiger partial charge in [0.1, 0.15) is 0 Å². The van der Waals surface area contributed by atoms with Gasteiger partial charge in [-0.15, -0.1) is 0 Å². The summed E-state index contributed by atoms with van der Waals surface area (Å²) in [5, 5.41) is 0. The van der Waals surface area contributed by atoms with Crippen molar-refractivity contribution in [2.75, 3.05) is 26.2 Å². The monoisotopic (exact) mass is 363 g/mol. The zero-order valence-corrected chi connectivity index (χ0v) is 16.4. The van der Waals surface area contributed by atoms with Gasteiger partial charge in [0.05, 0.1) is 13.2 Å². The fraction of sp³-hybridized carbons (Fsp3) is 0.375. The van der Waals surface area contributed by atoms with Crippen molar-refractivity contribution < 1.29 is 9.53 Å². The maximum atomic E-state index is 12.0. The summed E-state index contributed by atoms with van der Waals surface area (Å²) < 4.78 is 5.33. The topological polar surface area (TPSA) is 29.5 Å². The summed E-state index contributed by atoms with van der Waals surface area (Å²) in [5.41, 5.74) is 5.35. The lowest BCUT2D eigenvalue weighted by atomic mass is 9.88. The SMILES string of the molecule is CC(C)COC(=O)CN1CCC(=C(c2ccccc2)c2ccccc2)CC1. The van der Waals surface area contributed by atoms with Crippen LogP contribution in [0.15, 0.2) is 66.2 Å². The van der Waals surface area contributed by atoms with Gasteiger partial charge in [0.2, 0.25) is 0 Å². The van der Waals surface area contributed by atoms with Crippen LogP contribution in [0.25, 0.3) is 5.57 Å². The number of hydrogen-bond donors (Lipinski definition) is 0. The largest absolute Gasteiger partial charge is 0.464 e. The summed E-state index contributed by atoms with van der Waals surface area (Å²) in [6, 6.07) is 21.2. The molecule has 0 bridgehead atoms. The Bertz CT molecular complexity index is 714. The molecule has 1 heterocycles. The molecule has 1 aliphatic heterocycles. The molecule has 0 saturated carbocycles. The fourth-order valence-corrected chi connectivity index (χ4v) is 3.50. The van der Waals surface area contributed by atoms with Crippen LogP contribution in [0.1, 0.15) is 37.8 Å². The van der Waals surface area contributed by atoms with Gasteiger partial charge < -0.3 is 4.74 Å². The molecular formula is C24H29NO2. The first-order valence-corrected chi connectivity index (χ1v) is 9.84. The highest BCUT2D eigenvalue weighted by Crippen LogP contribution is 2.32. The van der Waals surface area contributed by atoms with Crippen LogP contribution in [0.3, 0.4) is 0 Å². The zero-order valence-electron chi connectivity index (χ0n) is 16.4. The molecule has 2 aromatic rings. The van der Waals surface area contributed by atoms with Crippen LogP contribution >= 0.6 is 0 Å². The quantitative estimate of drug-likeness (QED) is 0.692. The second-order valence-electron chi connectivity index (χ2n) is 7.56. The van der Waals surface area contributed by atoms with Crippen molar-refractivity contribution in [3.63, 3.8) is 0 Å². The first-order chi connectivity index (χ1) is 13.1. The minimum Gasteiger partial charge on any atom is -0.464 e. The number of likely N-dealkylation sites (tertiary alicyclic amines) is 1. The van der Waals surface area contributed by atoms with Crippen molar-refractivity contribution in [2.45, 2.75) is 26.7 Å². The van der Waals surface area contributed by atoms with E-state index in [1.807, 2.05) is 0 Å². The molecular weight excluding hydrogens is 334 g/mol. The number of esters is 1. The molecule has 142 valence electrons. The van der Waals surface area contributed by atoms with Gasteiger partial charge in [-0.3, -0.25) is 9.69 Å². The van der Waals surface area contributed by atoms with Crippen molar-refractivity contribution in [1.82, 2.24) is 4.90 Å². The number of rotatable bonds is 6. The first-order valence-electron chi connectivity index (χ1n) is 9.84. The van der Waals surface area contributed by atoms with Crippen LogP contribution in [0, 0.1) is 5.92 Å². The van der Waals surface area contributed by atoms with Crippen molar-refractivity contribution in [2.24, 2.45) is 5.92 Å². The predicted molar refractivity (Wildman–Crippen MR) is 110 cm³/mol. The standard InChI is InChI=1S/C24H29NO2/c1-19(2)18-27-23(26)17-25-15-13-22(14-16-25)24(20-9-5-3-6-10-20)21-11-7-4-8-12-21/h3-12,19H,13-18H2,1-2H3. The summed E-state index contributed by atoms with van der Waals surface area (Å²) in [5.74, 6) is 0.270. The second-order valence-corrected chi connectivity index (χ2v) is 7.56. The van der Waals surface area contributed by atoms with E-state index >= 15 is 0 Å². The van der Waals surface area contributed by atoms with Crippen LogP contribution in [0.5, 0.6) is 0 Å². The summed E-state index contributed by atoms with van der Waals surface area (Å²) in [7, 11) is 0. The van der Waals surface area contributed by atoms with E-state index in [4.69, 9.17) is 4.74 Å². The van der Waals surface area contributed by atoms with Crippen molar-refractivity contribution >= 4 is 11.5 Å². The van der Waals surface area contributed by atoms with Gasteiger partial charge in [0, 0.05) is 13.1 Å². The molecule has 1 saturated heterocycles. The van der Waals surface area contributed by atoms with E-state index in [2.05, 4.69) is 79.4 Å². The Morgan fingerprint density at radius 2 is 1.44 bits per heavy atom. The van der Waals surface area contributed by atoms with E-state index in [0.717, 1.165) is 25.9 Å². The number of piperidine rings is 1. The Morgan fingerprint density at radius 1 is 0.926 bits per heavy atom. The third-order valence-electron chi connectivity index (χ3n) is 4.87. The number of carbonyl (C=O) groups is 1. The van der Waals surface area contributed by atoms with E-state index in [9.17, 15) is 4.79 Å². The molecule has 0 spiro atoms. The van der Waals surface area contributed by atoms with E-state index in [1.165, 1.54) is 22.3 Å². The maximum Gasteiger partial charge on any atom is 0.320 e. The van der Waals surface area contributed by atoms with Gasteiger partial charge in [-0.25, -0.2) is 0 Å². The molecule has 3 heteroatoms. The minimum absolute atomic E-state index is 0.109. The molecule has 0 aromatic heterocycles. The van der Waals surface area contributed by atoms with Gasteiger partial charge in [-0.2, -0.15) is 0 Å². The highest BCUT2D eigenvalue weighted by atomic mass is 16.5. The molecule has 3 rings (SSSR count). The molecule has 1 fully saturated rings. The molecule has 3 nitrogen and oxygen atoms in total. The summed E-state index contributed by atoms with van der Waals surface area (Å²) in [6.07, 6.45) is 1.97. The molecule has 1 aliphatic rings. The lowest BCUT2D eigenvalue weighted by Gasteiger charge is -2.29. The Hall–Kier alpha value is -2.39. The van der Waals surface area contributed by atoms with Crippen LogP contribution < -0.4 is 0 Å². The number of ether oxygens (including phenoxy) is 1. The van der Waals surface area contributed by atoms with Crippen LogP contribution in [-0.4, -0.2) is 37.1 Å². The highest BCUT2D eigenvalue weighted by Gasteiger charge is 2.21. The van der Waals surface area contributed by atoms with E-state index in [1.54, 1.807) is 0 Å². The Balaban J connectivity index is 1.72. The Kier molecular flexibility index (Phi) is 6.83. The maximum absolute atomic E-state index is 12.0.